The second kappa shape index (κ2) is 3.46. The minimum atomic E-state index is -0.719. The molecule has 76 valence electrons. The highest BCUT2D eigenvalue weighted by Gasteiger charge is 2.41. The van der Waals surface area contributed by atoms with Crippen molar-refractivity contribution in [3.63, 3.8) is 0 Å². The van der Waals surface area contributed by atoms with Crippen LogP contribution in [0.15, 0.2) is 23.0 Å². The molecule has 1 aliphatic heterocycles. The fraction of sp³-hybridized carbons (Fsp3) is 0.500. The Morgan fingerprint density at radius 3 is 3.07 bits per heavy atom. The van der Waals surface area contributed by atoms with Gasteiger partial charge in [-0.25, -0.2) is 0 Å². The molecule has 0 radical (unpaired) electrons. The Bertz CT molecular complexity index is 312. The molecule has 1 aliphatic rings. The van der Waals surface area contributed by atoms with E-state index in [1.54, 1.807) is 12.5 Å². The number of aliphatic carboxylic acids is 1. The summed E-state index contributed by atoms with van der Waals surface area (Å²) >= 11 is 0. The van der Waals surface area contributed by atoms with Gasteiger partial charge >= 0.3 is 5.97 Å². The molecule has 1 aromatic heterocycles. The van der Waals surface area contributed by atoms with E-state index in [0.717, 1.165) is 12.1 Å². The SMILES string of the molecule is O=C(O)C1(Cc2ccoc2)CCNC1. The van der Waals surface area contributed by atoms with Crippen molar-refractivity contribution in [1.82, 2.24) is 5.32 Å². The number of hydrogen-bond donors (Lipinski definition) is 2. The number of hydrogen-bond acceptors (Lipinski definition) is 3. The molecule has 1 aromatic rings. The number of nitrogens with one attached hydrogen (secondary N) is 1. The number of rotatable bonds is 3. The standard InChI is InChI=1S/C10H13NO3/c12-9(13)10(2-3-11-7-10)5-8-1-4-14-6-8/h1,4,6,11H,2-3,5,7H2,(H,12,13). The maximum Gasteiger partial charge on any atom is 0.311 e. The van der Waals surface area contributed by atoms with Gasteiger partial charge < -0.3 is 14.8 Å². The highest BCUT2D eigenvalue weighted by Crippen LogP contribution is 2.30. The van der Waals surface area contributed by atoms with Crippen LogP contribution in [0.2, 0.25) is 0 Å². The molecule has 1 unspecified atom stereocenters. The third kappa shape index (κ3) is 1.53. The lowest BCUT2D eigenvalue weighted by atomic mass is 9.81. The minimum absolute atomic E-state index is 0.547. The Balaban J connectivity index is 2.16. The largest absolute Gasteiger partial charge is 0.481 e. The molecule has 0 amide bonds. The molecule has 1 atom stereocenters. The summed E-state index contributed by atoms with van der Waals surface area (Å²) in [5.74, 6) is -0.719. The molecule has 4 heteroatoms. The fourth-order valence-electron chi connectivity index (χ4n) is 1.94. The minimum Gasteiger partial charge on any atom is -0.481 e. The van der Waals surface area contributed by atoms with Gasteiger partial charge in [0.25, 0.3) is 0 Å². The Morgan fingerprint density at radius 2 is 2.57 bits per heavy atom. The number of furan rings is 1. The molecular formula is C10H13NO3. The zero-order valence-corrected chi connectivity index (χ0v) is 7.82. The molecule has 4 nitrogen and oxygen atoms in total. The lowest BCUT2D eigenvalue weighted by molar-refractivity contribution is -0.147. The summed E-state index contributed by atoms with van der Waals surface area (Å²) in [5.41, 5.74) is 0.320. The van der Waals surface area contributed by atoms with Gasteiger partial charge in [0.2, 0.25) is 0 Å². The van der Waals surface area contributed by atoms with Gasteiger partial charge in [-0.3, -0.25) is 4.79 Å². The zero-order chi connectivity index (χ0) is 10.0. The van der Waals surface area contributed by atoms with Crippen molar-refractivity contribution < 1.29 is 14.3 Å². The van der Waals surface area contributed by atoms with E-state index in [4.69, 9.17) is 4.42 Å². The summed E-state index contributed by atoms with van der Waals surface area (Å²) in [6.45, 7) is 1.33. The van der Waals surface area contributed by atoms with E-state index in [1.165, 1.54) is 0 Å². The maximum absolute atomic E-state index is 11.2. The Labute approximate surface area is 81.9 Å². The molecule has 1 fully saturated rings. The zero-order valence-electron chi connectivity index (χ0n) is 7.82. The average molecular weight is 195 g/mol. The van der Waals surface area contributed by atoms with Crippen molar-refractivity contribution in [2.75, 3.05) is 13.1 Å². The molecule has 1 saturated heterocycles. The van der Waals surface area contributed by atoms with Crippen molar-refractivity contribution >= 4 is 5.97 Å². The van der Waals surface area contributed by atoms with Gasteiger partial charge in [-0.1, -0.05) is 0 Å². The van der Waals surface area contributed by atoms with Crippen LogP contribution in [0.1, 0.15) is 12.0 Å². The summed E-state index contributed by atoms with van der Waals surface area (Å²) < 4.78 is 4.94. The van der Waals surface area contributed by atoms with E-state index in [1.807, 2.05) is 6.07 Å². The summed E-state index contributed by atoms with van der Waals surface area (Å²) in [6.07, 6.45) is 4.43. The quantitative estimate of drug-likeness (QED) is 0.751. The number of carboxylic acids is 1. The summed E-state index contributed by atoms with van der Waals surface area (Å²) in [6, 6.07) is 1.82. The predicted octanol–water partition coefficient (Wildman–Crippen LogP) is 0.886. The van der Waals surface area contributed by atoms with Gasteiger partial charge in [-0.2, -0.15) is 0 Å². The van der Waals surface area contributed by atoms with Crippen LogP contribution >= 0.6 is 0 Å². The summed E-state index contributed by atoms with van der Waals surface area (Å²) in [7, 11) is 0. The summed E-state index contributed by atoms with van der Waals surface area (Å²) in [5, 5.41) is 12.3. The van der Waals surface area contributed by atoms with Gasteiger partial charge in [-0.15, -0.1) is 0 Å². The molecule has 2 rings (SSSR count). The van der Waals surface area contributed by atoms with E-state index in [2.05, 4.69) is 5.32 Å². The molecule has 0 aromatic carbocycles. The van der Waals surface area contributed by atoms with Gasteiger partial charge in [0.15, 0.2) is 0 Å². The van der Waals surface area contributed by atoms with Crippen molar-refractivity contribution in [1.29, 1.82) is 0 Å². The van der Waals surface area contributed by atoms with Crippen LogP contribution in [0.3, 0.4) is 0 Å². The van der Waals surface area contributed by atoms with Crippen LogP contribution in [-0.2, 0) is 11.2 Å². The fourth-order valence-corrected chi connectivity index (χ4v) is 1.94. The Kier molecular flexibility index (Phi) is 2.29. The molecule has 0 aliphatic carbocycles. The Hall–Kier alpha value is -1.29. The van der Waals surface area contributed by atoms with Crippen LogP contribution in [0.5, 0.6) is 0 Å². The van der Waals surface area contributed by atoms with Gasteiger partial charge in [-0.05, 0) is 31.0 Å². The molecule has 0 bridgehead atoms. The molecule has 2 heterocycles. The van der Waals surface area contributed by atoms with Crippen molar-refractivity contribution in [2.24, 2.45) is 5.41 Å². The third-order valence-corrected chi connectivity index (χ3v) is 2.82. The highest BCUT2D eigenvalue weighted by molar-refractivity contribution is 5.75. The van der Waals surface area contributed by atoms with Gasteiger partial charge in [0.05, 0.1) is 17.9 Å². The maximum atomic E-state index is 11.2. The Morgan fingerprint density at radius 1 is 1.71 bits per heavy atom. The first-order chi connectivity index (χ1) is 6.73. The number of carboxylic acid groups (broad SMARTS) is 1. The smallest absolute Gasteiger partial charge is 0.311 e. The highest BCUT2D eigenvalue weighted by atomic mass is 16.4. The van der Waals surface area contributed by atoms with E-state index in [0.29, 0.717) is 19.4 Å². The predicted molar refractivity (Wildman–Crippen MR) is 50.0 cm³/mol. The second-order valence-corrected chi connectivity index (χ2v) is 3.82. The molecular weight excluding hydrogens is 182 g/mol. The lowest BCUT2D eigenvalue weighted by Crippen LogP contribution is -2.35. The van der Waals surface area contributed by atoms with E-state index in [-0.39, 0.29) is 0 Å². The normalized spacial score (nSPS) is 26.6. The van der Waals surface area contributed by atoms with Gasteiger partial charge in [0, 0.05) is 6.54 Å². The van der Waals surface area contributed by atoms with Crippen molar-refractivity contribution in [3.8, 4) is 0 Å². The van der Waals surface area contributed by atoms with Crippen LogP contribution in [-0.4, -0.2) is 24.2 Å². The van der Waals surface area contributed by atoms with Gasteiger partial charge in [0.1, 0.15) is 0 Å². The molecule has 0 spiro atoms. The van der Waals surface area contributed by atoms with Crippen LogP contribution in [0.4, 0.5) is 0 Å². The second-order valence-electron chi connectivity index (χ2n) is 3.82. The number of carbonyl (C=O) groups is 1. The first-order valence-corrected chi connectivity index (χ1v) is 4.68. The van der Waals surface area contributed by atoms with Crippen LogP contribution < -0.4 is 5.32 Å². The topological polar surface area (TPSA) is 62.5 Å². The average Bonchev–Trinajstić information content (AvgIpc) is 2.76. The van der Waals surface area contributed by atoms with Crippen LogP contribution in [0.25, 0.3) is 0 Å². The lowest BCUT2D eigenvalue weighted by Gasteiger charge is -2.21. The molecule has 0 saturated carbocycles. The van der Waals surface area contributed by atoms with E-state index < -0.39 is 11.4 Å². The first-order valence-electron chi connectivity index (χ1n) is 4.68. The van der Waals surface area contributed by atoms with Crippen LogP contribution in [0, 0.1) is 5.41 Å². The molecule has 2 N–H and O–H groups in total. The van der Waals surface area contributed by atoms with E-state index in [9.17, 15) is 9.90 Å². The van der Waals surface area contributed by atoms with E-state index >= 15 is 0 Å². The first kappa shape index (κ1) is 9.27. The van der Waals surface area contributed by atoms with Crippen molar-refractivity contribution in [2.45, 2.75) is 12.8 Å². The van der Waals surface area contributed by atoms with Crippen molar-refractivity contribution in [3.05, 3.63) is 24.2 Å². The summed E-state index contributed by atoms with van der Waals surface area (Å²) in [4.78, 5) is 11.2. The molecule has 14 heavy (non-hydrogen) atoms. The third-order valence-electron chi connectivity index (χ3n) is 2.82. The monoisotopic (exact) mass is 195 g/mol.